The van der Waals surface area contributed by atoms with Crippen LogP contribution in [-0.4, -0.2) is 31.2 Å². The molecule has 0 amide bonds. The molecule has 0 aliphatic rings. The Morgan fingerprint density at radius 3 is 2.54 bits per heavy atom. The molecule has 0 fully saturated rings. The largest absolute Gasteiger partial charge is 0.489 e. The van der Waals surface area contributed by atoms with Crippen molar-refractivity contribution < 1.29 is 14.6 Å². The number of halogens is 1. The van der Waals surface area contributed by atoms with Crippen molar-refractivity contribution in [2.45, 2.75) is 30.9 Å². The second-order valence-corrected chi connectivity index (χ2v) is 10.3. The molecule has 0 aliphatic heterocycles. The van der Waals surface area contributed by atoms with Gasteiger partial charge in [0.05, 0.1) is 4.92 Å². The lowest BCUT2D eigenvalue weighted by Gasteiger charge is -2.18. The summed E-state index contributed by atoms with van der Waals surface area (Å²) < 4.78 is 8.63. The van der Waals surface area contributed by atoms with Gasteiger partial charge in [-0.05, 0) is 55.3 Å². The molecule has 0 spiro atoms. The summed E-state index contributed by atoms with van der Waals surface area (Å²) in [7, 11) is 0. The molecule has 0 saturated carbocycles. The van der Waals surface area contributed by atoms with E-state index in [1.54, 1.807) is 30.3 Å². The topological polar surface area (TPSA) is 126 Å². The monoisotopic (exact) mass is 583 g/mol. The summed E-state index contributed by atoms with van der Waals surface area (Å²) >= 11 is 4.68. The van der Waals surface area contributed by atoms with Gasteiger partial charge in [0, 0.05) is 32.8 Å². The number of aryl methyl sites for hydroxylation is 2. The van der Waals surface area contributed by atoms with Crippen molar-refractivity contribution in [1.29, 1.82) is 0 Å². The van der Waals surface area contributed by atoms with E-state index in [4.69, 9.17) is 4.74 Å². The maximum absolute atomic E-state index is 11.7. The molecule has 12 heteroatoms. The number of non-ortho nitro benzene ring substituents is 1. The summed E-state index contributed by atoms with van der Waals surface area (Å²) in [5, 5.41) is 31.2. The zero-order valence-corrected chi connectivity index (χ0v) is 22.3. The van der Waals surface area contributed by atoms with E-state index in [1.165, 1.54) is 23.9 Å². The molecule has 1 aromatic heterocycles. The van der Waals surface area contributed by atoms with Crippen LogP contribution in [0.1, 0.15) is 27.8 Å². The second kappa shape index (κ2) is 11.5. The lowest BCUT2D eigenvalue weighted by Crippen LogP contribution is -2.13. The van der Waals surface area contributed by atoms with Crippen LogP contribution < -0.4 is 4.74 Å². The first kappa shape index (κ1) is 26.3. The fourth-order valence-corrected chi connectivity index (χ4v) is 5.34. The van der Waals surface area contributed by atoms with E-state index in [-0.39, 0.29) is 23.8 Å². The van der Waals surface area contributed by atoms with Gasteiger partial charge in [-0.2, -0.15) is 0 Å². The summed E-state index contributed by atoms with van der Waals surface area (Å²) in [6.45, 7) is 3.49. The molecular formula is C25H22BrN5O5S. The van der Waals surface area contributed by atoms with Gasteiger partial charge >= 0.3 is 0 Å². The van der Waals surface area contributed by atoms with Crippen molar-refractivity contribution in [3.8, 4) is 11.4 Å². The van der Waals surface area contributed by atoms with Gasteiger partial charge in [0.15, 0.2) is 5.16 Å². The quantitative estimate of drug-likeness (QED) is 0.122. The summed E-state index contributed by atoms with van der Waals surface area (Å²) in [4.78, 5) is 22.0. The molecule has 0 radical (unpaired) electrons. The van der Waals surface area contributed by atoms with Crippen molar-refractivity contribution >= 4 is 33.4 Å². The van der Waals surface area contributed by atoms with Crippen molar-refractivity contribution in [2.24, 2.45) is 0 Å². The van der Waals surface area contributed by atoms with E-state index in [0.717, 1.165) is 15.7 Å². The smallest absolute Gasteiger partial charge is 0.269 e. The number of hydrogen-bond acceptors (Lipinski definition) is 8. The Labute approximate surface area is 225 Å². The Morgan fingerprint density at radius 2 is 1.81 bits per heavy atom. The average molecular weight is 584 g/mol. The van der Waals surface area contributed by atoms with E-state index >= 15 is 0 Å². The predicted octanol–water partition coefficient (Wildman–Crippen LogP) is 6.24. The molecule has 37 heavy (non-hydrogen) atoms. The Balaban J connectivity index is 1.67. The number of nitro benzene ring substituents is 1. The van der Waals surface area contributed by atoms with E-state index in [0.29, 0.717) is 27.9 Å². The third kappa shape index (κ3) is 6.52. The number of thioether (sulfide) groups is 1. The first-order valence-corrected chi connectivity index (χ1v) is 12.8. The lowest BCUT2D eigenvalue weighted by atomic mass is 10.1. The van der Waals surface area contributed by atoms with Gasteiger partial charge in [0.25, 0.3) is 5.69 Å². The molecule has 1 heterocycles. The third-order valence-electron chi connectivity index (χ3n) is 5.45. The Kier molecular flexibility index (Phi) is 8.19. The van der Waals surface area contributed by atoms with E-state index in [2.05, 4.69) is 26.1 Å². The summed E-state index contributed by atoms with van der Waals surface area (Å²) in [5.74, 6) is 1.09. The van der Waals surface area contributed by atoms with Crippen LogP contribution in [-0.2, 0) is 6.61 Å². The first-order valence-electron chi connectivity index (χ1n) is 11.1. The summed E-state index contributed by atoms with van der Waals surface area (Å²) in [6.07, 6.45) is 0. The summed E-state index contributed by atoms with van der Waals surface area (Å²) in [5.41, 5.74) is 3.09. The molecule has 0 N–H and O–H groups in total. The molecule has 0 bridgehead atoms. The van der Waals surface area contributed by atoms with Crippen LogP contribution in [0.4, 0.5) is 5.69 Å². The Hall–Kier alpha value is -3.77. The highest BCUT2D eigenvalue weighted by atomic mass is 79.9. The number of nitro groups is 2. The standard InChI is InChI=1S/C25H22BrN5O5S/c1-16-5-3-7-20(11-16)30-17(2)27-28-25(30)37-24(14-29(32)33)22-13-19(26)9-10-23(22)36-15-18-6-4-8-21(12-18)31(34)35/h3-13,24H,14-15H2,1-2H3/t24-/m1/s1. The van der Waals surface area contributed by atoms with Crippen LogP contribution >= 0.6 is 27.7 Å². The van der Waals surface area contributed by atoms with Crippen molar-refractivity contribution in [3.05, 3.63) is 114 Å². The van der Waals surface area contributed by atoms with Gasteiger partial charge in [-0.3, -0.25) is 24.8 Å². The third-order valence-corrected chi connectivity index (χ3v) is 7.11. The zero-order chi connectivity index (χ0) is 26.5. The fraction of sp³-hybridized carbons (Fsp3) is 0.200. The Morgan fingerprint density at radius 1 is 1.03 bits per heavy atom. The molecule has 3 aromatic carbocycles. The molecule has 4 rings (SSSR count). The SMILES string of the molecule is Cc1cccc(-n2c(C)nnc2S[C@H](C[N+](=O)[O-])c2cc(Br)ccc2OCc2cccc([N+](=O)[O-])c2)c1. The number of ether oxygens (including phenoxy) is 1. The van der Waals surface area contributed by atoms with Gasteiger partial charge < -0.3 is 4.74 Å². The van der Waals surface area contributed by atoms with Crippen LogP contribution in [0.5, 0.6) is 5.75 Å². The van der Waals surface area contributed by atoms with E-state index < -0.39 is 10.2 Å². The first-order chi connectivity index (χ1) is 17.7. The van der Waals surface area contributed by atoms with Crippen LogP contribution in [0.15, 0.2) is 76.4 Å². The number of nitrogens with zero attached hydrogens (tertiary/aromatic N) is 5. The highest BCUT2D eigenvalue weighted by molar-refractivity contribution is 9.10. The molecule has 0 aliphatic carbocycles. The molecule has 10 nitrogen and oxygen atoms in total. The molecule has 190 valence electrons. The molecular weight excluding hydrogens is 562 g/mol. The van der Waals surface area contributed by atoms with Gasteiger partial charge in [0.2, 0.25) is 6.54 Å². The average Bonchev–Trinajstić information content (AvgIpc) is 3.22. The van der Waals surface area contributed by atoms with Crippen LogP contribution in [0.3, 0.4) is 0 Å². The highest BCUT2D eigenvalue weighted by Crippen LogP contribution is 2.41. The van der Waals surface area contributed by atoms with E-state index in [1.807, 2.05) is 42.7 Å². The van der Waals surface area contributed by atoms with Crippen LogP contribution in [0.2, 0.25) is 0 Å². The Bertz CT molecular complexity index is 1460. The zero-order valence-electron chi connectivity index (χ0n) is 19.9. The van der Waals surface area contributed by atoms with Crippen LogP contribution in [0, 0.1) is 34.1 Å². The second-order valence-electron chi connectivity index (χ2n) is 8.22. The molecule has 4 aromatic rings. The lowest BCUT2D eigenvalue weighted by molar-refractivity contribution is -0.479. The molecule has 1 atom stereocenters. The minimum atomic E-state index is -0.653. The van der Waals surface area contributed by atoms with Gasteiger partial charge in [0.1, 0.15) is 23.4 Å². The maximum Gasteiger partial charge on any atom is 0.269 e. The maximum atomic E-state index is 11.7. The van der Waals surface area contributed by atoms with E-state index in [9.17, 15) is 20.2 Å². The highest BCUT2D eigenvalue weighted by Gasteiger charge is 2.27. The molecule has 0 unspecified atom stereocenters. The number of rotatable bonds is 10. The minimum Gasteiger partial charge on any atom is -0.489 e. The van der Waals surface area contributed by atoms with Crippen molar-refractivity contribution in [2.75, 3.05) is 6.54 Å². The van der Waals surface area contributed by atoms with Crippen LogP contribution in [0.25, 0.3) is 5.69 Å². The van der Waals surface area contributed by atoms with Gasteiger partial charge in [-0.15, -0.1) is 10.2 Å². The fourth-order valence-electron chi connectivity index (χ4n) is 3.77. The molecule has 0 saturated heterocycles. The minimum absolute atomic E-state index is 0.0373. The number of hydrogen-bond donors (Lipinski definition) is 0. The van der Waals surface area contributed by atoms with Crippen molar-refractivity contribution in [3.63, 3.8) is 0 Å². The predicted molar refractivity (Wildman–Crippen MR) is 143 cm³/mol. The number of benzene rings is 3. The number of aromatic nitrogens is 3. The summed E-state index contributed by atoms with van der Waals surface area (Å²) in [6, 6.07) is 19.3. The van der Waals surface area contributed by atoms with Gasteiger partial charge in [-0.25, -0.2) is 0 Å². The normalized spacial score (nSPS) is 11.8. The van der Waals surface area contributed by atoms with Crippen molar-refractivity contribution in [1.82, 2.24) is 14.8 Å². The van der Waals surface area contributed by atoms with Gasteiger partial charge in [-0.1, -0.05) is 52.0 Å².